The molecule has 0 unspecified atom stereocenters. The normalized spacial score (nSPS) is 16.0. The quantitative estimate of drug-likeness (QED) is 0.857. The summed E-state index contributed by atoms with van der Waals surface area (Å²) in [5, 5.41) is 0.552. The Labute approximate surface area is 157 Å². The fraction of sp³-hybridized carbons (Fsp3) is 0.278. The second-order valence-electron chi connectivity index (χ2n) is 6.69. The van der Waals surface area contributed by atoms with Crippen molar-refractivity contribution in [3.8, 4) is 5.75 Å². The second kappa shape index (κ2) is 6.17. The largest absolute Gasteiger partial charge is 0.476 e. The van der Waals surface area contributed by atoms with Crippen LogP contribution in [0.1, 0.15) is 19.4 Å². The van der Waals surface area contributed by atoms with Gasteiger partial charge in [0.05, 0.1) is 23.3 Å². The lowest BCUT2D eigenvalue weighted by atomic mass is 10.0. The summed E-state index contributed by atoms with van der Waals surface area (Å²) in [4.78, 5) is 14.6. The number of nitrogens with one attached hydrogen (secondary N) is 1. The maximum atomic E-state index is 13.0. The Morgan fingerprint density at radius 3 is 2.50 bits per heavy atom. The third-order valence-electron chi connectivity index (χ3n) is 4.07. The van der Waals surface area contributed by atoms with Gasteiger partial charge in [-0.2, -0.15) is 0 Å². The minimum absolute atomic E-state index is 0.237. The molecule has 0 aromatic heterocycles. The number of ether oxygens (including phenoxy) is 1. The number of hydrogen-bond acceptors (Lipinski definition) is 4. The van der Waals surface area contributed by atoms with Crippen LogP contribution in [0.2, 0.25) is 5.02 Å². The molecule has 0 saturated heterocycles. The maximum absolute atomic E-state index is 13.0. The van der Waals surface area contributed by atoms with Gasteiger partial charge in [0.1, 0.15) is 5.75 Å². The molecule has 2 aromatic carbocycles. The van der Waals surface area contributed by atoms with E-state index in [4.69, 9.17) is 16.3 Å². The van der Waals surface area contributed by atoms with E-state index in [1.807, 2.05) is 13.0 Å². The lowest BCUT2D eigenvalue weighted by Gasteiger charge is -2.39. The molecule has 1 N–H and O–H groups in total. The van der Waals surface area contributed by atoms with Gasteiger partial charge in [0, 0.05) is 11.1 Å². The summed E-state index contributed by atoms with van der Waals surface area (Å²) < 4.78 is 31.2. The first-order valence-electron chi connectivity index (χ1n) is 7.90. The summed E-state index contributed by atoms with van der Waals surface area (Å²) in [6, 6.07) is 10.2. The van der Waals surface area contributed by atoms with Crippen LogP contribution in [0.25, 0.3) is 0 Å². The van der Waals surface area contributed by atoms with Crippen molar-refractivity contribution in [2.45, 2.75) is 26.4 Å². The predicted molar refractivity (Wildman–Crippen MR) is 103 cm³/mol. The highest BCUT2D eigenvalue weighted by molar-refractivity contribution is 7.92. The molecule has 0 atom stereocenters. The molecule has 0 spiro atoms. The zero-order valence-electron chi connectivity index (χ0n) is 14.8. The van der Waals surface area contributed by atoms with Gasteiger partial charge in [-0.05, 0) is 50.6 Å². The topological polar surface area (TPSA) is 75.7 Å². The van der Waals surface area contributed by atoms with Crippen LogP contribution in [0.4, 0.5) is 17.1 Å². The molecule has 0 aliphatic carbocycles. The average molecular weight is 395 g/mol. The summed E-state index contributed by atoms with van der Waals surface area (Å²) in [7, 11) is -3.42. The van der Waals surface area contributed by atoms with Crippen molar-refractivity contribution in [3.63, 3.8) is 0 Å². The molecule has 0 radical (unpaired) electrons. The Morgan fingerprint density at radius 2 is 1.85 bits per heavy atom. The van der Waals surface area contributed by atoms with E-state index >= 15 is 0 Å². The summed E-state index contributed by atoms with van der Waals surface area (Å²) in [6.07, 6.45) is 1.07. The van der Waals surface area contributed by atoms with E-state index in [0.29, 0.717) is 27.8 Å². The van der Waals surface area contributed by atoms with Crippen LogP contribution in [0.3, 0.4) is 0 Å². The molecule has 26 heavy (non-hydrogen) atoms. The number of hydrogen-bond donors (Lipinski definition) is 1. The van der Waals surface area contributed by atoms with Crippen LogP contribution in [0.15, 0.2) is 36.4 Å². The Morgan fingerprint density at radius 1 is 1.15 bits per heavy atom. The Balaban J connectivity index is 2.18. The third-order valence-corrected chi connectivity index (χ3v) is 5.08. The maximum Gasteiger partial charge on any atom is 0.275 e. The van der Waals surface area contributed by atoms with Gasteiger partial charge in [-0.3, -0.25) is 14.4 Å². The number of fused-ring (bicyclic) bond motifs is 1. The highest BCUT2D eigenvalue weighted by Crippen LogP contribution is 2.44. The number of halogens is 1. The molecular weight excluding hydrogens is 376 g/mol. The van der Waals surface area contributed by atoms with Crippen molar-refractivity contribution in [1.29, 1.82) is 0 Å². The summed E-state index contributed by atoms with van der Waals surface area (Å²) >= 11 is 6.23. The molecule has 6 nitrogen and oxygen atoms in total. The van der Waals surface area contributed by atoms with E-state index in [9.17, 15) is 13.2 Å². The Kier molecular flexibility index (Phi) is 4.40. The average Bonchev–Trinajstić information content (AvgIpc) is 2.50. The molecule has 3 rings (SSSR count). The lowest BCUT2D eigenvalue weighted by Crippen LogP contribution is -2.50. The van der Waals surface area contributed by atoms with E-state index in [0.717, 1.165) is 11.8 Å². The number of carbonyl (C=O) groups is 1. The van der Waals surface area contributed by atoms with Crippen LogP contribution in [-0.2, 0) is 14.8 Å². The number of anilines is 3. The fourth-order valence-corrected chi connectivity index (χ4v) is 3.56. The third kappa shape index (κ3) is 3.37. The first kappa shape index (κ1) is 18.5. The molecule has 1 aliphatic heterocycles. The number of amides is 1. The van der Waals surface area contributed by atoms with E-state index in [1.54, 1.807) is 49.1 Å². The first-order chi connectivity index (χ1) is 12.0. The number of rotatable bonds is 3. The molecule has 2 aromatic rings. The number of nitrogens with zero attached hydrogens (tertiary/aromatic N) is 1. The molecule has 1 amide bonds. The van der Waals surface area contributed by atoms with Gasteiger partial charge in [0.2, 0.25) is 10.0 Å². The highest BCUT2D eigenvalue weighted by atomic mass is 35.5. The van der Waals surface area contributed by atoms with Crippen molar-refractivity contribution in [3.05, 3.63) is 47.0 Å². The summed E-state index contributed by atoms with van der Waals surface area (Å²) in [5.74, 6) is 0.168. The van der Waals surface area contributed by atoms with Crippen molar-refractivity contribution in [2.75, 3.05) is 15.9 Å². The molecule has 0 saturated carbocycles. The molecule has 1 heterocycles. The Bertz CT molecular complexity index is 1000. The molecular formula is C18H19ClN2O4S. The van der Waals surface area contributed by atoms with Gasteiger partial charge in [-0.25, -0.2) is 8.42 Å². The monoisotopic (exact) mass is 394 g/mol. The molecule has 0 bridgehead atoms. The van der Waals surface area contributed by atoms with Gasteiger partial charge in [0.15, 0.2) is 5.60 Å². The van der Waals surface area contributed by atoms with E-state index in [1.165, 1.54) is 0 Å². The van der Waals surface area contributed by atoms with Crippen LogP contribution < -0.4 is 14.4 Å². The second-order valence-corrected chi connectivity index (χ2v) is 8.85. The van der Waals surface area contributed by atoms with Crippen LogP contribution in [0.5, 0.6) is 5.75 Å². The van der Waals surface area contributed by atoms with Crippen molar-refractivity contribution in [2.24, 2.45) is 0 Å². The van der Waals surface area contributed by atoms with Gasteiger partial charge in [-0.15, -0.1) is 0 Å². The zero-order valence-corrected chi connectivity index (χ0v) is 16.4. The number of sulfonamides is 1. The van der Waals surface area contributed by atoms with E-state index in [2.05, 4.69) is 4.72 Å². The predicted octanol–water partition coefficient (Wildman–Crippen LogP) is 3.86. The molecule has 1 aliphatic rings. The molecule has 138 valence electrons. The first-order valence-corrected chi connectivity index (χ1v) is 10.2. The van der Waals surface area contributed by atoms with Gasteiger partial charge >= 0.3 is 0 Å². The lowest BCUT2D eigenvalue weighted by molar-refractivity contribution is -0.131. The van der Waals surface area contributed by atoms with Crippen molar-refractivity contribution < 1.29 is 17.9 Å². The Hall–Kier alpha value is -2.25. The minimum Gasteiger partial charge on any atom is -0.476 e. The van der Waals surface area contributed by atoms with Crippen LogP contribution >= 0.6 is 11.6 Å². The van der Waals surface area contributed by atoms with Crippen LogP contribution in [0, 0.1) is 6.92 Å². The summed E-state index contributed by atoms with van der Waals surface area (Å²) in [5.41, 5.74) is 1.19. The fourth-order valence-electron chi connectivity index (χ4n) is 2.83. The molecule has 0 fully saturated rings. The van der Waals surface area contributed by atoms with Gasteiger partial charge in [0.25, 0.3) is 5.91 Å². The van der Waals surface area contributed by atoms with Gasteiger partial charge in [-0.1, -0.05) is 17.7 Å². The summed E-state index contributed by atoms with van der Waals surface area (Å²) in [6.45, 7) is 5.18. The number of benzene rings is 2. The number of carbonyl (C=O) groups excluding carboxylic acids is 1. The van der Waals surface area contributed by atoms with Crippen molar-refractivity contribution >= 4 is 44.6 Å². The highest BCUT2D eigenvalue weighted by Gasteiger charge is 2.42. The smallest absolute Gasteiger partial charge is 0.275 e. The van der Waals surface area contributed by atoms with Crippen LogP contribution in [-0.4, -0.2) is 26.2 Å². The van der Waals surface area contributed by atoms with E-state index < -0.39 is 15.6 Å². The minimum atomic E-state index is -3.42. The van der Waals surface area contributed by atoms with E-state index in [-0.39, 0.29) is 5.91 Å². The van der Waals surface area contributed by atoms with Crippen molar-refractivity contribution in [1.82, 2.24) is 0 Å². The molecule has 8 heteroatoms. The van der Waals surface area contributed by atoms with Gasteiger partial charge < -0.3 is 4.74 Å². The standard InChI is InChI=1S/C18H19ClN2O4S/c1-11-13(19)6-5-7-14(11)21-15-9-8-12(20-26(4,23)24)10-16(15)25-18(2,3)17(21)22/h5-10,20H,1-4H3. The zero-order chi connectivity index (χ0) is 19.3. The SMILES string of the molecule is Cc1c(Cl)cccc1N1C(=O)C(C)(C)Oc2cc(NS(C)(=O)=O)ccc21.